The van der Waals surface area contributed by atoms with Crippen molar-refractivity contribution in [2.45, 2.75) is 32.2 Å². The van der Waals surface area contributed by atoms with E-state index < -0.39 is 0 Å². The van der Waals surface area contributed by atoms with E-state index in [9.17, 15) is 4.79 Å². The summed E-state index contributed by atoms with van der Waals surface area (Å²) in [6.07, 6.45) is 3.09. The average Bonchev–Trinajstić information content (AvgIpc) is 3.07. The fourth-order valence-corrected chi connectivity index (χ4v) is 4.66. The highest BCUT2D eigenvalue weighted by Gasteiger charge is 2.33. The molecular weight excluding hydrogens is 375 g/mol. The summed E-state index contributed by atoms with van der Waals surface area (Å²) in [6, 6.07) is 7.50. The molecule has 1 aromatic heterocycles. The fourth-order valence-electron chi connectivity index (χ4n) is 3.24. The molecule has 1 atom stereocenters. The maximum absolute atomic E-state index is 12.9. The predicted molar refractivity (Wildman–Crippen MR) is 106 cm³/mol. The molecule has 1 aliphatic heterocycles. The van der Waals surface area contributed by atoms with Crippen LogP contribution in [0.5, 0.6) is 0 Å². The van der Waals surface area contributed by atoms with Gasteiger partial charge in [0.2, 0.25) is 5.91 Å². The SMILES string of the molecule is CCCCNCC(=O)N1CCc2sccc2[C@@H]1c1ccc(Cl)cc1Cl. The number of carbonyl (C=O) groups excluding carboxylic acids is 1. The maximum Gasteiger partial charge on any atom is 0.237 e. The van der Waals surface area contributed by atoms with Gasteiger partial charge in [0.25, 0.3) is 0 Å². The van der Waals surface area contributed by atoms with Crippen LogP contribution in [0.25, 0.3) is 0 Å². The first kappa shape index (κ1) is 18.7. The molecule has 134 valence electrons. The van der Waals surface area contributed by atoms with Crippen molar-refractivity contribution in [1.29, 1.82) is 0 Å². The largest absolute Gasteiger partial charge is 0.330 e. The number of hydrogen-bond donors (Lipinski definition) is 1. The zero-order valence-electron chi connectivity index (χ0n) is 14.2. The van der Waals surface area contributed by atoms with Crippen LogP contribution in [0.4, 0.5) is 0 Å². The van der Waals surface area contributed by atoms with Crippen LogP contribution in [0.15, 0.2) is 29.6 Å². The van der Waals surface area contributed by atoms with Crippen LogP contribution < -0.4 is 5.32 Å². The van der Waals surface area contributed by atoms with E-state index in [1.165, 1.54) is 10.4 Å². The predicted octanol–water partition coefficient (Wildman–Crippen LogP) is 4.92. The molecule has 0 saturated carbocycles. The average molecular weight is 397 g/mol. The highest BCUT2D eigenvalue weighted by molar-refractivity contribution is 7.10. The van der Waals surface area contributed by atoms with E-state index in [-0.39, 0.29) is 11.9 Å². The van der Waals surface area contributed by atoms with Crippen LogP contribution in [0.2, 0.25) is 10.0 Å². The number of carbonyl (C=O) groups is 1. The molecule has 25 heavy (non-hydrogen) atoms. The van der Waals surface area contributed by atoms with E-state index in [1.807, 2.05) is 17.0 Å². The van der Waals surface area contributed by atoms with Crippen molar-refractivity contribution in [2.24, 2.45) is 0 Å². The lowest BCUT2D eigenvalue weighted by Gasteiger charge is -2.37. The van der Waals surface area contributed by atoms with E-state index >= 15 is 0 Å². The van der Waals surface area contributed by atoms with E-state index in [1.54, 1.807) is 17.4 Å². The minimum atomic E-state index is -0.139. The number of fused-ring (bicyclic) bond motifs is 1. The van der Waals surface area contributed by atoms with Crippen LogP contribution in [-0.2, 0) is 11.2 Å². The highest BCUT2D eigenvalue weighted by Crippen LogP contribution is 2.40. The Morgan fingerprint density at radius 2 is 2.16 bits per heavy atom. The molecule has 1 N–H and O–H groups in total. The van der Waals surface area contributed by atoms with Gasteiger partial charge >= 0.3 is 0 Å². The molecule has 0 fully saturated rings. The Balaban J connectivity index is 1.88. The van der Waals surface area contributed by atoms with Crippen molar-refractivity contribution in [3.8, 4) is 0 Å². The van der Waals surface area contributed by atoms with Crippen molar-refractivity contribution in [2.75, 3.05) is 19.6 Å². The molecular formula is C19H22Cl2N2OS. The maximum atomic E-state index is 12.9. The Hall–Kier alpha value is -1.07. The number of thiophene rings is 1. The lowest BCUT2D eigenvalue weighted by Crippen LogP contribution is -2.44. The Morgan fingerprint density at radius 3 is 2.92 bits per heavy atom. The molecule has 0 bridgehead atoms. The molecule has 1 aromatic carbocycles. The molecule has 0 saturated heterocycles. The lowest BCUT2D eigenvalue weighted by molar-refractivity contribution is -0.132. The number of halogens is 2. The van der Waals surface area contributed by atoms with Crippen LogP contribution in [-0.4, -0.2) is 30.4 Å². The molecule has 0 radical (unpaired) electrons. The van der Waals surface area contributed by atoms with Crippen LogP contribution in [0.3, 0.4) is 0 Å². The quantitative estimate of drug-likeness (QED) is 0.702. The van der Waals surface area contributed by atoms with Crippen LogP contribution in [0.1, 0.15) is 41.8 Å². The summed E-state index contributed by atoms with van der Waals surface area (Å²) in [4.78, 5) is 16.1. The topological polar surface area (TPSA) is 32.3 Å². The third kappa shape index (κ3) is 4.20. The molecule has 6 heteroatoms. The third-order valence-electron chi connectivity index (χ3n) is 4.53. The molecule has 2 heterocycles. The second-order valence-electron chi connectivity index (χ2n) is 6.23. The van der Waals surface area contributed by atoms with Gasteiger partial charge in [-0.15, -0.1) is 11.3 Å². The number of amides is 1. The summed E-state index contributed by atoms with van der Waals surface area (Å²) in [5, 5.41) is 6.56. The van der Waals surface area contributed by atoms with Crippen molar-refractivity contribution in [3.63, 3.8) is 0 Å². The van der Waals surface area contributed by atoms with Crippen LogP contribution >= 0.6 is 34.5 Å². The fraction of sp³-hybridized carbons (Fsp3) is 0.421. The second-order valence-corrected chi connectivity index (χ2v) is 8.08. The Morgan fingerprint density at radius 1 is 1.32 bits per heavy atom. The standard InChI is InChI=1S/C19H22Cl2N2OS/c1-2-3-8-22-12-18(24)23-9-6-17-15(7-10-25-17)19(23)14-5-4-13(20)11-16(14)21/h4-5,7,10-11,19,22H,2-3,6,8-9,12H2,1H3/t19-/m0/s1. The zero-order valence-corrected chi connectivity index (χ0v) is 16.6. The molecule has 1 aliphatic rings. The van der Waals surface area contributed by atoms with E-state index in [2.05, 4.69) is 23.7 Å². The third-order valence-corrected chi connectivity index (χ3v) is 6.09. The molecule has 3 nitrogen and oxygen atoms in total. The van der Waals surface area contributed by atoms with Crippen molar-refractivity contribution < 1.29 is 4.79 Å². The normalized spacial score (nSPS) is 16.8. The summed E-state index contributed by atoms with van der Waals surface area (Å²) in [7, 11) is 0. The number of nitrogens with zero attached hydrogens (tertiary/aromatic N) is 1. The molecule has 3 rings (SSSR count). The summed E-state index contributed by atoms with van der Waals surface area (Å²) in [5.41, 5.74) is 2.12. The molecule has 1 amide bonds. The zero-order chi connectivity index (χ0) is 17.8. The highest BCUT2D eigenvalue weighted by atomic mass is 35.5. The minimum absolute atomic E-state index is 0.115. The lowest BCUT2D eigenvalue weighted by atomic mass is 9.93. The number of unbranched alkanes of at least 4 members (excludes halogenated alkanes) is 1. The Labute approximate surface area is 162 Å². The van der Waals surface area contributed by atoms with E-state index in [4.69, 9.17) is 23.2 Å². The first-order chi connectivity index (χ1) is 12.1. The van der Waals surface area contributed by atoms with Gasteiger partial charge < -0.3 is 10.2 Å². The van der Waals surface area contributed by atoms with Gasteiger partial charge in [-0.3, -0.25) is 4.79 Å². The first-order valence-corrected chi connectivity index (χ1v) is 10.3. The summed E-state index contributed by atoms with van der Waals surface area (Å²) in [6.45, 7) is 4.09. The molecule has 0 unspecified atom stereocenters. The minimum Gasteiger partial charge on any atom is -0.330 e. The van der Waals surface area contributed by atoms with E-state index in [0.717, 1.165) is 31.4 Å². The number of rotatable bonds is 6. The van der Waals surface area contributed by atoms with E-state index in [0.29, 0.717) is 23.1 Å². The molecule has 0 spiro atoms. The number of benzene rings is 1. The van der Waals surface area contributed by atoms with Gasteiger partial charge in [0.1, 0.15) is 0 Å². The number of nitrogens with one attached hydrogen (secondary N) is 1. The summed E-state index contributed by atoms with van der Waals surface area (Å²) in [5.74, 6) is 0.115. The van der Waals surface area contributed by atoms with Crippen molar-refractivity contribution in [3.05, 3.63) is 55.7 Å². The second kappa shape index (κ2) is 8.54. The summed E-state index contributed by atoms with van der Waals surface area (Å²) >= 11 is 14.3. The first-order valence-electron chi connectivity index (χ1n) is 8.63. The number of hydrogen-bond acceptors (Lipinski definition) is 3. The van der Waals surface area contributed by atoms with Gasteiger partial charge in [-0.05, 0) is 54.1 Å². The van der Waals surface area contributed by atoms with Gasteiger partial charge in [0.15, 0.2) is 0 Å². The Bertz CT molecular complexity index is 747. The Kier molecular flexibility index (Phi) is 6.39. The molecule has 0 aliphatic carbocycles. The monoisotopic (exact) mass is 396 g/mol. The summed E-state index contributed by atoms with van der Waals surface area (Å²) < 4.78 is 0. The van der Waals surface area contributed by atoms with Crippen LogP contribution in [0, 0.1) is 0 Å². The van der Waals surface area contributed by atoms with Gasteiger partial charge in [0.05, 0.1) is 12.6 Å². The smallest absolute Gasteiger partial charge is 0.237 e. The van der Waals surface area contributed by atoms with Gasteiger partial charge in [-0.1, -0.05) is 42.6 Å². The molecule has 2 aromatic rings. The van der Waals surface area contributed by atoms with Gasteiger partial charge in [-0.25, -0.2) is 0 Å². The van der Waals surface area contributed by atoms with Crippen molar-refractivity contribution in [1.82, 2.24) is 10.2 Å². The van der Waals surface area contributed by atoms with Gasteiger partial charge in [-0.2, -0.15) is 0 Å². The van der Waals surface area contributed by atoms with Crippen molar-refractivity contribution >= 4 is 40.4 Å². The van der Waals surface area contributed by atoms with Gasteiger partial charge in [0, 0.05) is 21.5 Å².